The Morgan fingerprint density at radius 1 is 1.21 bits per heavy atom. The van der Waals surface area contributed by atoms with Crippen molar-refractivity contribution in [3.63, 3.8) is 0 Å². The molecule has 2 N–H and O–H groups in total. The molecule has 0 aromatic heterocycles. The smallest absolute Gasteiger partial charge is 0.190 e. The lowest BCUT2D eigenvalue weighted by Crippen LogP contribution is -2.47. The average Bonchev–Trinajstić information content (AvgIpc) is 2.68. The van der Waals surface area contributed by atoms with Crippen LogP contribution in [0.3, 0.4) is 0 Å². The Balaban J connectivity index is 0.00000280. The number of aliphatic imine (C=N–C) groups is 1. The number of benzene rings is 1. The van der Waals surface area contributed by atoms with Gasteiger partial charge in [0.25, 0.3) is 0 Å². The standard InChI is InChI=1S/C22H36N4O.HI/c1-23-21(25-18-22(10-5-11-22)12-16-27-2)24-13-6-14-26-15-9-19-7-3-4-8-20(19)17-26;/h3-4,7-8H,5-6,9-18H2,1-2H3,(H2,23,24,25);1H. The molecule has 1 aromatic carbocycles. The van der Waals surface area contributed by atoms with Gasteiger partial charge in [0, 0.05) is 53.5 Å². The van der Waals surface area contributed by atoms with Crippen molar-refractivity contribution >= 4 is 29.9 Å². The summed E-state index contributed by atoms with van der Waals surface area (Å²) >= 11 is 0. The molecule has 5 nitrogen and oxygen atoms in total. The van der Waals surface area contributed by atoms with E-state index in [-0.39, 0.29) is 24.0 Å². The van der Waals surface area contributed by atoms with Gasteiger partial charge in [-0.05, 0) is 48.6 Å². The van der Waals surface area contributed by atoms with Crippen molar-refractivity contribution in [3.05, 3.63) is 35.4 Å². The molecule has 28 heavy (non-hydrogen) atoms. The summed E-state index contributed by atoms with van der Waals surface area (Å²) in [5, 5.41) is 7.03. The molecule has 2 aliphatic rings. The van der Waals surface area contributed by atoms with Crippen molar-refractivity contribution in [2.45, 2.75) is 45.1 Å². The molecule has 0 saturated heterocycles. The lowest BCUT2D eigenvalue weighted by molar-refractivity contribution is 0.0732. The molecule has 0 spiro atoms. The van der Waals surface area contributed by atoms with E-state index in [4.69, 9.17) is 4.74 Å². The molecule has 1 heterocycles. The summed E-state index contributed by atoms with van der Waals surface area (Å²) in [4.78, 5) is 6.96. The fourth-order valence-electron chi connectivity index (χ4n) is 4.26. The zero-order valence-corrected chi connectivity index (χ0v) is 19.8. The summed E-state index contributed by atoms with van der Waals surface area (Å²) in [5.74, 6) is 0.933. The summed E-state index contributed by atoms with van der Waals surface area (Å²) < 4.78 is 5.29. The number of rotatable bonds is 9. The highest BCUT2D eigenvalue weighted by Gasteiger charge is 2.36. The Labute approximate surface area is 187 Å². The molecule has 0 atom stereocenters. The van der Waals surface area contributed by atoms with Crippen molar-refractivity contribution in [3.8, 4) is 0 Å². The molecule has 1 saturated carbocycles. The van der Waals surface area contributed by atoms with Crippen LogP contribution in [0.15, 0.2) is 29.3 Å². The third-order valence-electron chi connectivity index (χ3n) is 6.26. The Kier molecular flexibility index (Phi) is 10.0. The van der Waals surface area contributed by atoms with Gasteiger partial charge in [-0.2, -0.15) is 0 Å². The Hall–Kier alpha value is -0.860. The molecule has 1 aliphatic carbocycles. The number of nitrogens with zero attached hydrogens (tertiary/aromatic N) is 2. The summed E-state index contributed by atoms with van der Waals surface area (Å²) in [6.45, 7) is 6.21. The van der Waals surface area contributed by atoms with E-state index < -0.39 is 0 Å². The normalized spacial score (nSPS) is 18.6. The van der Waals surface area contributed by atoms with Crippen molar-refractivity contribution in [2.24, 2.45) is 10.4 Å². The lowest BCUT2D eigenvalue weighted by atomic mass is 9.67. The summed E-state index contributed by atoms with van der Waals surface area (Å²) in [6, 6.07) is 8.85. The number of hydrogen-bond donors (Lipinski definition) is 2. The zero-order chi connectivity index (χ0) is 19.0. The van der Waals surface area contributed by atoms with E-state index in [2.05, 4.69) is 44.8 Å². The molecule has 0 bridgehead atoms. The highest BCUT2D eigenvalue weighted by molar-refractivity contribution is 14.0. The van der Waals surface area contributed by atoms with Crippen LogP contribution in [0, 0.1) is 5.41 Å². The van der Waals surface area contributed by atoms with Crippen molar-refractivity contribution in [2.75, 3.05) is 46.9 Å². The third-order valence-corrected chi connectivity index (χ3v) is 6.26. The maximum atomic E-state index is 5.29. The number of halogens is 1. The Morgan fingerprint density at radius 3 is 2.68 bits per heavy atom. The SMILES string of the molecule is CN=C(NCCCN1CCc2ccccc2C1)NCC1(CCOC)CCC1.I. The fourth-order valence-corrected chi connectivity index (χ4v) is 4.26. The van der Waals surface area contributed by atoms with Gasteiger partial charge in [0.05, 0.1) is 0 Å². The molecular formula is C22H37IN4O. The van der Waals surface area contributed by atoms with E-state index in [0.717, 1.165) is 51.6 Å². The second-order valence-corrected chi connectivity index (χ2v) is 8.10. The van der Waals surface area contributed by atoms with Gasteiger partial charge in [0.15, 0.2) is 5.96 Å². The van der Waals surface area contributed by atoms with Gasteiger partial charge < -0.3 is 15.4 Å². The molecular weight excluding hydrogens is 463 g/mol. The first-order valence-electron chi connectivity index (χ1n) is 10.5. The van der Waals surface area contributed by atoms with Crippen LogP contribution in [0.1, 0.15) is 43.2 Å². The van der Waals surface area contributed by atoms with E-state index in [1.165, 1.54) is 43.4 Å². The second-order valence-electron chi connectivity index (χ2n) is 8.10. The maximum absolute atomic E-state index is 5.29. The summed E-state index contributed by atoms with van der Waals surface area (Å²) in [6.07, 6.45) is 7.40. The van der Waals surface area contributed by atoms with Gasteiger partial charge in [-0.15, -0.1) is 24.0 Å². The molecule has 3 rings (SSSR count). The number of methoxy groups -OCH3 is 1. The van der Waals surface area contributed by atoms with Crippen molar-refractivity contribution < 1.29 is 4.74 Å². The van der Waals surface area contributed by atoms with E-state index in [1.807, 2.05) is 7.05 Å². The minimum atomic E-state index is 0. The van der Waals surface area contributed by atoms with Crippen LogP contribution < -0.4 is 10.6 Å². The molecule has 6 heteroatoms. The van der Waals surface area contributed by atoms with E-state index in [9.17, 15) is 0 Å². The summed E-state index contributed by atoms with van der Waals surface area (Å²) in [7, 11) is 3.65. The number of nitrogens with one attached hydrogen (secondary N) is 2. The molecule has 0 unspecified atom stereocenters. The fraction of sp³-hybridized carbons (Fsp3) is 0.682. The number of fused-ring (bicyclic) bond motifs is 1. The van der Waals surface area contributed by atoms with Crippen LogP contribution in [-0.2, 0) is 17.7 Å². The highest BCUT2D eigenvalue weighted by Crippen LogP contribution is 2.43. The van der Waals surface area contributed by atoms with Gasteiger partial charge >= 0.3 is 0 Å². The van der Waals surface area contributed by atoms with E-state index in [0.29, 0.717) is 5.41 Å². The third kappa shape index (κ3) is 6.59. The Bertz CT molecular complexity index is 618. The minimum Gasteiger partial charge on any atom is -0.385 e. The topological polar surface area (TPSA) is 48.9 Å². The van der Waals surface area contributed by atoms with Crippen LogP contribution in [0.25, 0.3) is 0 Å². The quantitative estimate of drug-likeness (QED) is 0.236. The first kappa shape index (κ1) is 23.4. The molecule has 0 radical (unpaired) electrons. The molecule has 0 amide bonds. The van der Waals surface area contributed by atoms with Crippen LogP contribution in [-0.4, -0.2) is 57.8 Å². The van der Waals surface area contributed by atoms with E-state index in [1.54, 1.807) is 7.11 Å². The monoisotopic (exact) mass is 500 g/mol. The predicted molar refractivity (Wildman–Crippen MR) is 128 cm³/mol. The summed E-state index contributed by atoms with van der Waals surface area (Å²) in [5.41, 5.74) is 3.43. The predicted octanol–water partition coefficient (Wildman–Crippen LogP) is 3.42. The van der Waals surface area contributed by atoms with Crippen molar-refractivity contribution in [1.29, 1.82) is 0 Å². The first-order chi connectivity index (χ1) is 13.2. The van der Waals surface area contributed by atoms with Gasteiger partial charge in [0.1, 0.15) is 0 Å². The van der Waals surface area contributed by atoms with Gasteiger partial charge in [0.2, 0.25) is 0 Å². The number of hydrogen-bond acceptors (Lipinski definition) is 3. The second kappa shape index (κ2) is 12.0. The molecule has 1 fully saturated rings. The number of ether oxygens (including phenoxy) is 1. The van der Waals surface area contributed by atoms with Gasteiger partial charge in [-0.1, -0.05) is 30.7 Å². The van der Waals surface area contributed by atoms with Crippen molar-refractivity contribution in [1.82, 2.24) is 15.5 Å². The molecule has 1 aliphatic heterocycles. The maximum Gasteiger partial charge on any atom is 0.190 e. The first-order valence-corrected chi connectivity index (χ1v) is 10.5. The Morgan fingerprint density at radius 2 is 2.00 bits per heavy atom. The van der Waals surface area contributed by atoms with Crippen LogP contribution in [0.2, 0.25) is 0 Å². The number of guanidine groups is 1. The zero-order valence-electron chi connectivity index (χ0n) is 17.5. The largest absolute Gasteiger partial charge is 0.385 e. The molecule has 1 aromatic rings. The van der Waals surface area contributed by atoms with E-state index >= 15 is 0 Å². The van der Waals surface area contributed by atoms with Gasteiger partial charge in [-0.3, -0.25) is 9.89 Å². The lowest BCUT2D eigenvalue weighted by Gasteiger charge is -2.42. The molecule has 158 valence electrons. The highest BCUT2D eigenvalue weighted by atomic mass is 127. The van der Waals surface area contributed by atoms with Crippen LogP contribution in [0.4, 0.5) is 0 Å². The van der Waals surface area contributed by atoms with Gasteiger partial charge in [-0.25, -0.2) is 0 Å². The van der Waals surface area contributed by atoms with Crippen LogP contribution >= 0.6 is 24.0 Å². The average molecular weight is 500 g/mol. The minimum absolute atomic E-state index is 0. The van der Waals surface area contributed by atoms with Crippen LogP contribution in [0.5, 0.6) is 0 Å².